The van der Waals surface area contributed by atoms with E-state index in [4.69, 9.17) is 22.9 Å². The topological polar surface area (TPSA) is 559 Å². The minimum atomic E-state index is -1.95. The number of carboxylic acids is 1. The molecule has 0 saturated carbocycles. The van der Waals surface area contributed by atoms with E-state index in [-0.39, 0.29) is 82.2 Å². The molecule has 22 N–H and O–H groups in total. The average molecular weight is 1320 g/mol. The van der Waals surface area contributed by atoms with Gasteiger partial charge in [-0.25, -0.2) is 4.79 Å². The maximum Gasteiger partial charge on any atom is 0.326 e. The van der Waals surface area contributed by atoms with E-state index in [9.17, 15) is 92.7 Å². The maximum atomic E-state index is 14.4. The number of likely N-dealkylation sites (tertiary alicyclic amines) is 2. The summed E-state index contributed by atoms with van der Waals surface area (Å²) in [7, 11) is 0. The summed E-state index contributed by atoms with van der Waals surface area (Å²) >= 11 is 0. The highest BCUT2D eigenvalue weighted by Crippen LogP contribution is 2.23. The van der Waals surface area contributed by atoms with Crippen molar-refractivity contribution in [2.45, 2.75) is 191 Å². The van der Waals surface area contributed by atoms with Crippen LogP contribution >= 0.6 is 0 Å². The van der Waals surface area contributed by atoms with Gasteiger partial charge >= 0.3 is 5.97 Å². The predicted octanol–water partition coefficient (Wildman–Crippen LogP) is -6.70. The Morgan fingerprint density at radius 2 is 0.914 bits per heavy atom. The number of rotatable bonds is 39. The van der Waals surface area contributed by atoms with E-state index in [1.54, 1.807) is 39.8 Å². The summed E-state index contributed by atoms with van der Waals surface area (Å²) in [5.74, 6) is -15.5. The lowest BCUT2D eigenvalue weighted by atomic mass is 10.0. The summed E-state index contributed by atoms with van der Waals surface area (Å²) in [6.45, 7) is 6.98. The maximum absolute atomic E-state index is 14.4. The summed E-state index contributed by atoms with van der Waals surface area (Å²) in [6.07, 6.45) is -0.0384. The van der Waals surface area contributed by atoms with Crippen molar-refractivity contribution in [2.75, 3.05) is 39.5 Å². The highest BCUT2D eigenvalue weighted by Gasteiger charge is 2.42. The molecule has 3 rings (SSSR count). The second-order valence-corrected chi connectivity index (χ2v) is 24.3. The number of hydrogen-bond acceptors (Lipinski definition) is 20. The molecule has 93 heavy (non-hydrogen) atoms. The van der Waals surface area contributed by atoms with E-state index in [0.29, 0.717) is 24.8 Å². The minimum absolute atomic E-state index is 0.00572. The van der Waals surface area contributed by atoms with Gasteiger partial charge in [-0.3, -0.25) is 62.3 Å². The number of nitrogens with two attached hydrogens (primary N) is 4. The number of nitrogens with one attached hydrogen (secondary N) is 9. The van der Waals surface area contributed by atoms with Crippen LogP contribution < -0.4 is 70.8 Å². The molecule has 2 heterocycles. The molecule has 0 spiro atoms. The standard InChI is InChI=1S/C59H95N15O19/c1-29(2)21-36(50(83)71-42(28-77)58(91)74-20-10-13-44(74)59(92)93)66-51(84)38(25-46(63)80)67-53(86)40(26-75)69-54(87)41(27-76)70-56(89)47(31(5)6)72-49(82)35(11-7-8-18-60)64-55(88)43-12-9-19-73(43)57(90)39(22-30(3)4)68-52(85)37(24-45(62)79)65-48(81)34(61)23-32-14-16-33(78)17-15-32/h14-17,29-31,34-44,47,75-78H,7-13,18-28,60-61H2,1-6H3,(H2,62,79)(H2,63,80)(H,64,88)(H,65,81)(H,66,84)(H,67,86)(H,68,85)(H,69,87)(H,70,89)(H,71,83)(H,72,82)(H,92,93)/t34-,35-,36-,37-,38-,39-,40-,41-,42-,43-,44-,47-/m0/s1. The van der Waals surface area contributed by atoms with Crippen molar-refractivity contribution < 1.29 is 92.7 Å². The first kappa shape index (κ1) is 78.6. The fraction of sp³-hybridized carbons (Fsp3) is 0.661. The van der Waals surface area contributed by atoms with Crippen LogP contribution in [-0.4, -0.2) is 230 Å². The largest absolute Gasteiger partial charge is 0.508 e. The molecule has 0 aromatic heterocycles. The van der Waals surface area contributed by atoms with Crippen LogP contribution in [0, 0.1) is 17.8 Å². The van der Waals surface area contributed by atoms with Crippen LogP contribution in [0.1, 0.15) is 118 Å². The number of carbonyl (C=O) groups excluding carboxylic acids is 13. The number of hydrogen-bond donors (Lipinski definition) is 18. The Morgan fingerprint density at radius 1 is 0.505 bits per heavy atom. The fourth-order valence-corrected chi connectivity index (χ4v) is 10.5. The summed E-state index contributed by atoms with van der Waals surface area (Å²) in [5, 5.41) is 71.4. The number of carbonyl (C=O) groups is 14. The number of aromatic hydroxyl groups is 1. The summed E-state index contributed by atoms with van der Waals surface area (Å²) in [6, 6.07) is -12.2. The third-order valence-corrected chi connectivity index (χ3v) is 15.4. The SMILES string of the molecule is CC(C)C[C@H](NC(=O)[C@H](CC(N)=O)NC(=O)[C@H](CO)NC(=O)[C@H](CO)NC(=O)[C@@H](NC(=O)[C@H](CCCCN)NC(=O)[C@@H]1CCCN1C(=O)[C@H](CC(C)C)NC(=O)[C@H](CC(N)=O)NC(=O)[C@@H](N)Cc1ccc(O)cc1)C(C)C)C(=O)N[C@@H](CO)C(=O)N1CCC[C@H]1C(=O)O. The van der Waals surface area contributed by atoms with Gasteiger partial charge in [0.25, 0.3) is 0 Å². The fourth-order valence-electron chi connectivity index (χ4n) is 10.5. The number of carboxylic acid groups (broad SMARTS) is 1. The molecule has 0 aliphatic carbocycles. The molecule has 2 fully saturated rings. The number of benzene rings is 1. The first-order valence-corrected chi connectivity index (χ1v) is 31.0. The van der Waals surface area contributed by atoms with Crippen molar-refractivity contribution in [2.24, 2.45) is 40.7 Å². The van der Waals surface area contributed by atoms with Gasteiger partial charge in [-0.2, -0.15) is 0 Å². The van der Waals surface area contributed by atoms with E-state index in [2.05, 4.69) is 47.9 Å². The number of aliphatic hydroxyl groups is 3. The van der Waals surface area contributed by atoms with Crippen molar-refractivity contribution in [3.63, 3.8) is 0 Å². The number of nitrogens with zero attached hydrogens (tertiary/aromatic N) is 2. The lowest BCUT2D eigenvalue weighted by molar-refractivity contribution is -0.150. The van der Waals surface area contributed by atoms with Crippen molar-refractivity contribution in [3.05, 3.63) is 29.8 Å². The van der Waals surface area contributed by atoms with E-state index in [0.717, 1.165) is 4.90 Å². The Bertz CT molecular complexity index is 2790. The molecule has 1 aromatic rings. The Balaban J connectivity index is 1.75. The van der Waals surface area contributed by atoms with Crippen LogP contribution in [0.5, 0.6) is 5.75 Å². The molecule has 13 amide bonds. The van der Waals surface area contributed by atoms with Crippen LogP contribution in [0.2, 0.25) is 0 Å². The molecule has 0 radical (unpaired) electrons. The Labute approximate surface area is 538 Å². The van der Waals surface area contributed by atoms with Crippen molar-refractivity contribution in [3.8, 4) is 5.75 Å². The van der Waals surface area contributed by atoms with Gasteiger partial charge in [-0.1, -0.05) is 53.7 Å². The first-order valence-electron chi connectivity index (χ1n) is 31.0. The lowest BCUT2D eigenvalue weighted by Crippen LogP contribution is -2.62. The number of amides is 13. The number of phenols is 1. The minimum Gasteiger partial charge on any atom is -0.508 e. The first-order chi connectivity index (χ1) is 43.8. The molecule has 1 aromatic carbocycles. The molecule has 0 unspecified atom stereocenters. The van der Waals surface area contributed by atoms with Gasteiger partial charge in [0.05, 0.1) is 38.7 Å². The highest BCUT2D eigenvalue weighted by molar-refractivity contribution is 6.00. The molecular weight excluding hydrogens is 1220 g/mol. The van der Waals surface area contributed by atoms with Crippen LogP contribution in [0.15, 0.2) is 24.3 Å². The van der Waals surface area contributed by atoms with E-state index < -0.39 is 194 Å². The molecule has 12 atom stereocenters. The van der Waals surface area contributed by atoms with Gasteiger partial charge in [-0.05, 0) is 106 Å². The smallest absolute Gasteiger partial charge is 0.326 e. The molecule has 34 nitrogen and oxygen atoms in total. The van der Waals surface area contributed by atoms with Crippen molar-refractivity contribution >= 4 is 82.8 Å². The highest BCUT2D eigenvalue weighted by atomic mass is 16.4. The number of aliphatic hydroxyl groups excluding tert-OH is 3. The Hall–Kier alpha value is -8.60. The van der Waals surface area contributed by atoms with Gasteiger partial charge in [0.1, 0.15) is 72.2 Å². The Kier molecular flexibility index (Phi) is 32.5. The van der Waals surface area contributed by atoms with Gasteiger partial charge in [0, 0.05) is 13.1 Å². The number of primary amides is 2. The van der Waals surface area contributed by atoms with Gasteiger partial charge in [0.2, 0.25) is 76.8 Å². The predicted molar refractivity (Wildman–Crippen MR) is 330 cm³/mol. The summed E-state index contributed by atoms with van der Waals surface area (Å²) < 4.78 is 0. The molecule has 2 saturated heterocycles. The molecule has 34 heteroatoms. The molecule has 2 aliphatic rings. The van der Waals surface area contributed by atoms with Crippen LogP contribution in [0.4, 0.5) is 0 Å². The van der Waals surface area contributed by atoms with Crippen LogP contribution in [0.3, 0.4) is 0 Å². The van der Waals surface area contributed by atoms with Crippen molar-refractivity contribution in [1.29, 1.82) is 0 Å². The van der Waals surface area contributed by atoms with E-state index in [1.165, 1.54) is 30.9 Å². The summed E-state index contributed by atoms with van der Waals surface area (Å²) in [4.78, 5) is 190. The van der Waals surface area contributed by atoms with Gasteiger partial charge < -0.3 is 106 Å². The molecular formula is C59H95N15O19. The van der Waals surface area contributed by atoms with E-state index >= 15 is 0 Å². The second-order valence-electron chi connectivity index (χ2n) is 24.3. The third-order valence-electron chi connectivity index (χ3n) is 15.4. The zero-order valence-corrected chi connectivity index (χ0v) is 53.4. The molecule has 520 valence electrons. The number of unbranched alkanes of at least 4 members (excludes halogenated alkanes) is 1. The normalized spacial score (nSPS) is 17.8. The van der Waals surface area contributed by atoms with Crippen LogP contribution in [0.25, 0.3) is 0 Å². The monoisotopic (exact) mass is 1320 g/mol. The van der Waals surface area contributed by atoms with E-state index in [1.807, 2.05) is 0 Å². The number of aliphatic carboxylic acids is 1. The van der Waals surface area contributed by atoms with Crippen molar-refractivity contribution in [1.82, 2.24) is 57.7 Å². The molecule has 0 bridgehead atoms. The summed E-state index contributed by atoms with van der Waals surface area (Å²) in [5.41, 5.74) is 23.3. The third kappa shape index (κ3) is 25.1. The Morgan fingerprint density at radius 3 is 1.40 bits per heavy atom. The second kappa shape index (κ2) is 38.4. The quantitative estimate of drug-likeness (QED) is 0.0273. The van der Waals surface area contributed by atoms with Gasteiger partial charge in [-0.15, -0.1) is 0 Å². The lowest BCUT2D eigenvalue weighted by Gasteiger charge is -2.32. The molecule has 2 aliphatic heterocycles. The average Bonchev–Trinajstić information content (AvgIpc) is 1.80. The van der Waals surface area contributed by atoms with Crippen LogP contribution in [-0.2, 0) is 73.5 Å². The zero-order valence-electron chi connectivity index (χ0n) is 53.4. The number of phenolic OH excluding ortho intramolecular Hbond substituents is 1. The zero-order chi connectivity index (χ0) is 70.0. The van der Waals surface area contributed by atoms with Gasteiger partial charge in [0.15, 0.2) is 0 Å².